The van der Waals surface area contributed by atoms with Crippen LogP contribution >= 0.6 is 23.2 Å². The summed E-state index contributed by atoms with van der Waals surface area (Å²) in [5.74, 6) is -1.94. The first-order chi connectivity index (χ1) is 16.2. The highest BCUT2D eigenvalue weighted by molar-refractivity contribution is 7.92. The average molecular weight is 533 g/mol. The highest BCUT2D eigenvalue weighted by Crippen LogP contribution is 2.42. The van der Waals surface area contributed by atoms with Crippen molar-refractivity contribution in [2.75, 3.05) is 55.6 Å². The summed E-state index contributed by atoms with van der Waals surface area (Å²) in [6.45, 7) is 6.06. The Morgan fingerprint density at radius 1 is 1.26 bits per heavy atom. The maximum Gasteiger partial charge on any atom is 0.267 e. The molecule has 1 N–H and O–H groups in total. The normalized spacial score (nSPS) is 22.4. The van der Waals surface area contributed by atoms with Crippen LogP contribution in [0.1, 0.15) is 12.8 Å². The van der Waals surface area contributed by atoms with Gasteiger partial charge in [-0.05, 0) is 37.0 Å². The fraction of sp³-hybridized carbons (Fsp3) is 0.500. The zero-order valence-corrected chi connectivity index (χ0v) is 20.6. The van der Waals surface area contributed by atoms with Gasteiger partial charge in [0.2, 0.25) is 5.95 Å². The summed E-state index contributed by atoms with van der Waals surface area (Å²) in [5.41, 5.74) is 0.688. The maximum atomic E-state index is 15.2. The molecule has 0 saturated carbocycles. The zero-order chi connectivity index (χ0) is 24.1. The molecule has 0 radical (unpaired) electrons. The van der Waals surface area contributed by atoms with E-state index in [-0.39, 0.29) is 15.9 Å². The Morgan fingerprint density at radius 2 is 2.06 bits per heavy atom. The predicted molar refractivity (Wildman–Crippen MR) is 126 cm³/mol. The molecule has 34 heavy (non-hydrogen) atoms. The van der Waals surface area contributed by atoms with E-state index in [4.69, 9.17) is 27.9 Å². The van der Waals surface area contributed by atoms with E-state index in [1.807, 2.05) is 9.62 Å². The number of nitrogens with zero attached hydrogens (tertiary/aromatic N) is 3. The van der Waals surface area contributed by atoms with Crippen molar-refractivity contribution in [2.24, 2.45) is 11.3 Å². The van der Waals surface area contributed by atoms with Gasteiger partial charge in [0.15, 0.2) is 5.82 Å². The molecular formula is C22H24Cl2F2N4O3S. The molecule has 3 saturated heterocycles. The standard InChI is InChI=1S/C22H24Cl2F2N4O3S/c23-15-8-16(30-6-4-14(10-30)9-29-11-22(12-29)5-7-33-13-22)19(24)20(26)21(15)34(31,32)28-18-3-1-2-17(25)27-18/h1-3,8,14H,4-7,9-13H2,(H,27,28). The van der Waals surface area contributed by atoms with Gasteiger partial charge >= 0.3 is 0 Å². The molecule has 1 unspecified atom stereocenters. The van der Waals surface area contributed by atoms with Crippen LogP contribution in [0.25, 0.3) is 0 Å². The summed E-state index contributed by atoms with van der Waals surface area (Å²) < 4.78 is 61.7. The van der Waals surface area contributed by atoms with Gasteiger partial charge in [-0.1, -0.05) is 29.3 Å². The molecule has 1 aromatic heterocycles. The Hall–Kier alpha value is -1.72. The summed E-state index contributed by atoms with van der Waals surface area (Å²) in [5, 5.41) is -0.626. The molecule has 4 heterocycles. The molecule has 0 aliphatic carbocycles. The van der Waals surface area contributed by atoms with Crippen LogP contribution in [-0.4, -0.2) is 64.2 Å². The van der Waals surface area contributed by atoms with Crippen molar-refractivity contribution < 1.29 is 21.9 Å². The minimum atomic E-state index is -4.49. The number of sulfonamides is 1. The van der Waals surface area contributed by atoms with Crippen molar-refractivity contribution in [2.45, 2.75) is 17.7 Å². The Balaban J connectivity index is 1.29. The number of halogens is 4. The van der Waals surface area contributed by atoms with Gasteiger partial charge in [-0.15, -0.1) is 0 Å². The van der Waals surface area contributed by atoms with Gasteiger partial charge in [0, 0.05) is 44.7 Å². The van der Waals surface area contributed by atoms with Crippen molar-refractivity contribution >= 4 is 44.7 Å². The molecule has 1 spiro atoms. The summed E-state index contributed by atoms with van der Waals surface area (Å²) in [6.07, 6.45) is 2.04. The van der Waals surface area contributed by atoms with Crippen LogP contribution in [0.3, 0.4) is 0 Å². The fourth-order valence-electron chi connectivity index (χ4n) is 5.19. The first-order valence-electron chi connectivity index (χ1n) is 11.0. The zero-order valence-electron chi connectivity index (χ0n) is 18.2. The molecule has 3 aliphatic heterocycles. The lowest BCUT2D eigenvalue weighted by molar-refractivity contribution is -0.0143. The largest absolute Gasteiger partial charge is 0.381 e. The van der Waals surface area contributed by atoms with Crippen molar-refractivity contribution in [3.63, 3.8) is 0 Å². The van der Waals surface area contributed by atoms with Crippen molar-refractivity contribution in [1.82, 2.24) is 9.88 Å². The van der Waals surface area contributed by atoms with Gasteiger partial charge in [-0.2, -0.15) is 4.39 Å². The number of rotatable bonds is 6. The number of hydrogen-bond donors (Lipinski definition) is 1. The van der Waals surface area contributed by atoms with E-state index < -0.39 is 26.7 Å². The van der Waals surface area contributed by atoms with Crippen LogP contribution in [0.4, 0.5) is 20.3 Å². The van der Waals surface area contributed by atoms with E-state index in [9.17, 15) is 12.8 Å². The van der Waals surface area contributed by atoms with E-state index in [2.05, 4.69) is 9.88 Å². The molecule has 12 heteroatoms. The van der Waals surface area contributed by atoms with E-state index in [0.29, 0.717) is 30.1 Å². The smallest absolute Gasteiger partial charge is 0.267 e. The summed E-state index contributed by atoms with van der Waals surface area (Å²) in [4.78, 5) is 7.01. The number of pyridine rings is 1. The van der Waals surface area contributed by atoms with Gasteiger partial charge in [0.25, 0.3) is 10.0 Å². The molecule has 3 aliphatic rings. The Kier molecular flexibility index (Phi) is 6.39. The predicted octanol–water partition coefficient (Wildman–Crippen LogP) is 4.02. The maximum absolute atomic E-state index is 15.2. The van der Waals surface area contributed by atoms with E-state index >= 15 is 4.39 Å². The molecule has 5 rings (SSSR count). The third-order valence-electron chi connectivity index (χ3n) is 6.77. The van der Waals surface area contributed by atoms with E-state index in [0.717, 1.165) is 51.8 Å². The molecule has 3 fully saturated rings. The third-order valence-corrected chi connectivity index (χ3v) is 8.95. The number of nitrogens with one attached hydrogen (secondary N) is 1. The number of anilines is 2. The molecule has 1 atom stereocenters. The monoisotopic (exact) mass is 532 g/mol. The quantitative estimate of drug-likeness (QED) is 0.447. The highest BCUT2D eigenvalue weighted by atomic mass is 35.5. The summed E-state index contributed by atoms with van der Waals surface area (Å²) in [7, 11) is -4.49. The number of hydrogen-bond acceptors (Lipinski definition) is 6. The van der Waals surface area contributed by atoms with Crippen LogP contribution in [0, 0.1) is 23.1 Å². The van der Waals surface area contributed by atoms with E-state index in [1.54, 1.807) is 0 Å². The minimum absolute atomic E-state index is 0.296. The Morgan fingerprint density at radius 3 is 2.76 bits per heavy atom. The lowest BCUT2D eigenvalue weighted by Crippen LogP contribution is -2.57. The second kappa shape index (κ2) is 9.05. The third kappa shape index (κ3) is 4.58. The SMILES string of the molecule is O=S(=O)(Nc1cccc(F)n1)c1c(Cl)cc(N2CCC(CN3CC4(CCOC4)C3)C2)c(Cl)c1F. The lowest BCUT2D eigenvalue weighted by atomic mass is 9.79. The first kappa shape index (κ1) is 24.0. The Labute approximate surface area is 207 Å². The van der Waals surface area contributed by atoms with Crippen LogP contribution in [0.2, 0.25) is 10.0 Å². The molecule has 0 amide bonds. The Bertz CT molecular complexity index is 1200. The van der Waals surface area contributed by atoms with Gasteiger partial charge in [0.1, 0.15) is 15.7 Å². The van der Waals surface area contributed by atoms with Crippen LogP contribution in [0.15, 0.2) is 29.2 Å². The number of ether oxygens (including phenoxy) is 1. The molecule has 2 aromatic rings. The van der Waals surface area contributed by atoms with Crippen molar-refractivity contribution in [3.05, 3.63) is 46.1 Å². The van der Waals surface area contributed by atoms with Gasteiger partial charge in [-0.25, -0.2) is 17.8 Å². The second-order valence-electron chi connectivity index (χ2n) is 9.36. The van der Waals surface area contributed by atoms with Crippen molar-refractivity contribution in [3.8, 4) is 0 Å². The van der Waals surface area contributed by atoms with Gasteiger partial charge < -0.3 is 14.5 Å². The lowest BCUT2D eigenvalue weighted by Gasteiger charge is -2.48. The molecule has 1 aromatic carbocycles. The molecule has 7 nitrogen and oxygen atoms in total. The van der Waals surface area contributed by atoms with Crippen LogP contribution < -0.4 is 9.62 Å². The first-order valence-corrected chi connectivity index (χ1v) is 13.3. The van der Waals surface area contributed by atoms with Crippen LogP contribution in [0.5, 0.6) is 0 Å². The van der Waals surface area contributed by atoms with Gasteiger partial charge in [-0.3, -0.25) is 4.72 Å². The fourth-order valence-corrected chi connectivity index (χ4v) is 7.15. The molecular weight excluding hydrogens is 509 g/mol. The van der Waals surface area contributed by atoms with E-state index in [1.165, 1.54) is 18.2 Å². The van der Waals surface area contributed by atoms with Crippen LogP contribution in [-0.2, 0) is 14.8 Å². The average Bonchev–Trinajstić information content (AvgIpc) is 3.40. The number of benzene rings is 1. The van der Waals surface area contributed by atoms with Gasteiger partial charge in [0.05, 0.1) is 17.3 Å². The highest BCUT2D eigenvalue weighted by Gasteiger charge is 2.46. The summed E-state index contributed by atoms with van der Waals surface area (Å²) in [6, 6.07) is 4.95. The summed E-state index contributed by atoms with van der Waals surface area (Å²) >= 11 is 12.5. The number of likely N-dealkylation sites (tertiary alicyclic amines) is 1. The minimum Gasteiger partial charge on any atom is -0.381 e. The van der Waals surface area contributed by atoms with Crippen molar-refractivity contribution in [1.29, 1.82) is 0 Å². The topological polar surface area (TPSA) is 74.8 Å². The number of aromatic nitrogens is 1. The molecule has 0 bridgehead atoms. The second-order valence-corrected chi connectivity index (χ2v) is 11.8. The molecule has 184 valence electrons.